The Morgan fingerprint density at radius 1 is 0.800 bits per heavy atom. The summed E-state index contributed by atoms with van der Waals surface area (Å²) in [4.78, 5) is 22.8. The molecule has 0 aliphatic rings. The molecule has 0 radical (unpaired) electrons. The molecule has 0 aromatic rings. The van der Waals surface area contributed by atoms with E-state index in [4.69, 9.17) is 0 Å². The number of aliphatic hydroxyl groups is 4. The van der Waals surface area contributed by atoms with E-state index in [2.05, 4.69) is 10.6 Å². The first-order valence-corrected chi connectivity index (χ1v) is 6.64. The zero-order chi connectivity index (χ0) is 15.7. The number of hydrogen-bond acceptors (Lipinski definition) is 6. The van der Waals surface area contributed by atoms with Crippen LogP contribution in [0.25, 0.3) is 0 Å². The Balaban J connectivity index is 4.46. The minimum absolute atomic E-state index is 0.304. The van der Waals surface area contributed by atoms with Crippen LogP contribution >= 0.6 is 0 Å². The maximum Gasteiger partial charge on any atom is 0.251 e. The lowest BCUT2D eigenvalue weighted by molar-refractivity contribution is -0.155. The molecule has 6 N–H and O–H groups in total. The molecule has 0 aromatic carbocycles. The second kappa shape index (κ2) is 9.65. The minimum atomic E-state index is -1.96. The van der Waals surface area contributed by atoms with Crippen molar-refractivity contribution in [1.29, 1.82) is 0 Å². The van der Waals surface area contributed by atoms with Gasteiger partial charge in [0.15, 0.2) is 12.2 Å². The highest BCUT2D eigenvalue weighted by atomic mass is 16.4. The van der Waals surface area contributed by atoms with Crippen LogP contribution in [-0.2, 0) is 9.59 Å². The largest absolute Gasteiger partial charge is 0.387 e. The predicted molar refractivity (Wildman–Crippen MR) is 70.6 cm³/mol. The lowest BCUT2D eigenvalue weighted by Crippen LogP contribution is -2.54. The van der Waals surface area contributed by atoms with E-state index in [9.17, 15) is 30.0 Å². The molecule has 0 bridgehead atoms. The van der Waals surface area contributed by atoms with Crippen molar-refractivity contribution in [2.45, 2.75) is 51.1 Å². The molecule has 8 heteroatoms. The van der Waals surface area contributed by atoms with Crippen molar-refractivity contribution < 1.29 is 30.0 Å². The molecule has 0 spiro atoms. The van der Waals surface area contributed by atoms with Crippen LogP contribution in [0.3, 0.4) is 0 Å². The molecule has 0 aromatic heterocycles. The molecule has 0 saturated carbocycles. The van der Waals surface area contributed by atoms with Crippen LogP contribution in [0, 0.1) is 0 Å². The standard InChI is InChI=1S/C12H24N2O6/c1-3-5-13-11(19)9(17)7(15)8(16)10(18)12(20)14-6-4-2/h7-10,15-18H,3-6H2,1-2H3,(H,13,19)(H,14,20)/t7-,8-,9-,10+/m0/s1. The van der Waals surface area contributed by atoms with Crippen molar-refractivity contribution in [2.24, 2.45) is 0 Å². The second-order valence-electron chi connectivity index (χ2n) is 4.45. The van der Waals surface area contributed by atoms with Crippen LogP contribution in [0.15, 0.2) is 0 Å². The summed E-state index contributed by atoms with van der Waals surface area (Å²) in [7, 11) is 0. The van der Waals surface area contributed by atoms with Crippen LogP contribution in [0.5, 0.6) is 0 Å². The fourth-order valence-electron chi connectivity index (χ4n) is 1.39. The lowest BCUT2D eigenvalue weighted by atomic mass is 10.0. The summed E-state index contributed by atoms with van der Waals surface area (Å²) in [6, 6.07) is 0. The number of nitrogens with one attached hydrogen (secondary N) is 2. The van der Waals surface area contributed by atoms with Gasteiger partial charge in [-0.05, 0) is 12.8 Å². The van der Waals surface area contributed by atoms with Gasteiger partial charge in [-0.3, -0.25) is 9.59 Å². The molecule has 0 saturated heterocycles. The van der Waals surface area contributed by atoms with Gasteiger partial charge in [0.1, 0.15) is 12.2 Å². The Bertz CT molecular complexity index is 282. The highest BCUT2D eigenvalue weighted by Gasteiger charge is 2.37. The third kappa shape index (κ3) is 5.83. The normalized spacial score (nSPS) is 16.9. The fourth-order valence-corrected chi connectivity index (χ4v) is 1.39. The Kier molecular flexibility index (Phi) is 9.06. The van der Waals surface area contributed by atoms with Gasteiger partial charge in [0.05, 0.1) is 0 Å². The summed E-state index contributed by atoms with van der Waals surface area (Å²) in [6.45, 7) is 4.22. The van der Waals surface area contributed by atoms with Crippen molar-refractivity contribution >= 4 is 11.8 Å². The van der Waals surface area contributed by atoms with Gasteiger partial charge in [0.25, 0.3) is 11.8 Å². The van der Waals surface area contributed by atoms with Crippen molar-refractivity contribution in [1.82, 2.24) is 10.6 Å². The molecule has 20 heavy (non-hydrogen) atoms. The Morgan fingerprint density at radius 3 is 1.35 bits per heavy atom. The van der Waals surface area contributed by atoms with Gasteiger partial charge in [0.2, 0.25) is 0 Å². The van der Waals surface area contributed by atoms with Crippen LogP contribution < -0.4 is 10.6 Å². The van der Waals surface area contributed by atoms with Gasteiger partial charge < -0.3 is 31.1 Å². The molecule has 0 heterocycles. The van der Waals surface area contributed by atoms with E-state index in [1.165, 1.54) is 0 Å². The van der Waals surface area contributed by atoms with E-state index in [1.54, 1.807) is 13.8 Å². The van der Waals surface area contributed by atoms with Crippen LogP contribution in [0.1, 0.15) is 26.7 Å². The van der Waals surface area contributed by atoms with E-state index < -0.39 is 36.2 Å². The van der Waals surface area contributed by atoms with Gasteiger partial charge >= 0.3 is 0 Å². The van der Waals surface area contributed by atoms with Crippen LogP contribution in [-0.4, -0.2) is 69.7 Å². The first kappa shape index (κ1) is 18.8. The van der Waals surface area contributed by atoms with E-state index >= 15 is 0 Å². The van der Waals surface area contributed by atoms with Crippen LogP contribution in [0.2, 0.25) is 0 Å². The van der Waals surface area contributed by atoms with Crippen molar-refractivity contribution in [2.75, 3.05) is 13.1 Å². The van der Waals surface area contributed by atoms with Crippen molar-refractivity contribution in [3.63, 3.8) is 0 Å². The molecule has 0 unspecified atom stereocenters. The molecule has 0 rings (SSSR count). The third-order valence-electron chi connectivity index (χ3n) is 2.63. The topological polar surface area (TPSA) is 139 Å². The molecule has 118 valence electrons. The van der Waals surface area contributed by atoms with E-state index in [0.29, 0.717) is 25.9 Å². The maximum absolute atomic E-state index is 11.4. The van der Waals surface area contributed by atoms with Gasteiger partial charge in [-0.25, -0.2) is 0 Å². The number of carbonyl (C=O) groups is 2. The summed E-state index contributed by atoms with van der Waals surface area (Å²) >= 11 is 0. The Labute approximate surface area is 117 Å². The smallest absolute Gasteiger partial charge is 0.251 e. The minimum Gasteiger partial charge on any atom is -0.387 e. The highest BCUT2D eigenvalue weighted by Crippen LogP contribution is 2.06. The third-order valence-corrected chi connectivity index (χ3v) is 2.63. The predicted octanol–water partition coefficient (Wildman–Crippen LogP) is -2.52. The van der Waals surface area contributed by atoms with E-state index in [-0.39, 0.29) is 0 Å². The summed E-state index contributed by atoms with van der Waals surface area (Å²) in [5.74, 6) is -1.75. The van der Waals surface area contributed by atoms with Gasteiger partial charge in [-0.2, -0.15) is 0 Å². The Hall–Kier alpha value is -1.22. The number of amides is 2. The first-order valence-electron chi connectivity index (χ1n) is 6.64. The molecule has 2 amide bonds. The van der Waals surface area contributed by atoms with Gasteiger partial charge in [-0.1, -0.05) is 13.8 Å². The number of aliphatic hydroxyl groups excluding tert-OH is 4. The number of carbonyl (C=O) groups excluding carboxylic acids is 2. The first-order chi connectivity index (χ1) is 9.36. The molecular weight excluding hydrogens is 268 g/mol. The molecular formula is C12H24N2O6. The quantitative estimate of drug-likeness (QED) is 0.277. The van der Waals surface area contributed by atoms with Crippen LogP contribution in [0.4, 0.5) is 0 Å². The lowest BCUT2D eigenvalue weighted by Gasteiger charge is -2.25. The average molecular weight is 292 g/mol. The molecule has 0 aliphatic carbocycles. The molecule has 0 fully saturated rings. The molecule has 8 nitrogen and oxygen atoms in total. The van der Waals surface area contributed by atoms with Gasteiger partial charge in [-0.15, -0.1) is 0 Å². The summed E-state index contributed by atoms with van der Waals surface area (Å²) < 4.78 is 0. The zero-order valence-corrected chi connectivity index (χ0v) is 11.7. The van der Waals surface area contributed by atoms with Crippen molar-refractivity contribution in [3.8, 4) is 0 Å². The molecule has 4 atom stereocenters. The highest BCUT2D eigenvalue weighted by molar-refractivity contribution is 5.83. The summed E-state index contributed by atoms with van der Waals surface area (Å²) in [6.07, 6.45) is -6.50. The number of rotatable bonds is 9. The monoisotopic (exact) mass is 292 g/mol. The summed E-state index contributed by atoms with van der Waals surface area (Å²) in [5.41, 5.74) is 0. The zero-order valence-electron chi connectivity index (χ0n) is 11.7. The Morgan fingerprint density at radius 2 is 1.10 bits per heavy atom. The van der Waals surface area contributed by atoms with E-state index in [1.807, 2.05) is 0 Å². The second-order valence-corrected chi connectivity index (χ2v) is 4.45. The number of hydrogen-bond donors (Lipinski definition) is 6. The van der Waals surface area contributed by atoms with Crippen molar-refractivity contribution in [3.05, 3.63) is 0 Å². The maximum atomic E-state index is 11.4. The average Bonchev–Trinajstić information content (AvgIpc) is 2.46. The fraction of sp³-hybridized carbons (Fsp3) is 0.833. The van der Waals surface area contributed by atoms with E-state index in [0.717, 1.165) is 0 Å². The summed E-state index contributed by atoms with van der Waals surface area (Å²) in [5, 5.41) is 42.9. The molecule has 0 aliphatic heterocycles. The SMILES string of the molecule is CCCNC(=O)[C@@H](O)[C@@H](O)[C@H](O)[C@@H](O)C(=O)NCCC. The van der Waals surface area contributed by atoms with Gasteiger partial charge in [0, 0.05) is 13.1 Å².